The third kappa shape index (κ3) is 3.11. The van der Waals surface area contributed by atoms with Gasteiger partial charge in [0, 0.05) is 13.1 Å². The largest absolute Gasteiger partial charge is 0.475 e. The Hall–Kier alpha value is -1.33. The van der Waals surface area contributed by atoms with Crippen molar-refractivity contribution in [3.8, 4) is 0 Å². The standard InChI is InChI=1S/C13H19NO4/c1-9-6-14(8-13(2,3)18-9)7-10-4-5-11(17-10)12(15)16/h4-5,9H,6-8H2,1-3H3,(H,15,16). The van der Waals surface area contributed by atoms with Crippen LogP contribution in [-0.4, -0.2) is 40.8 Å². The van der Waals surface area contributed by atoms with Gasteiger partial charge in [-0.25, -0.2) is 4.79 Å². The molecule has 0 amide bonds. The van der Waals surface area contributed by atoms with Crippen LogP contribution in [0.4, 0.5) is 0 Å². The van der Waals surface area contributed by atoms with E-state index in [1.807, 2.05) is 6.92 Å². The number of carboxylic acids is 1. The van der Waals surface area contributed by atoms with Crippen LogP contribution in [0.5, 0.6) is 0 Å². The topological polar surface area (TPSA) is 62.9 Å². The summed E-state index contributed by atoms with van der Waals surface area (Å²) in [5.74, 6) is -0.361. The van der Waals surface area contributed by atoms with E-state index in [0.717, 1.165) is 13.1 Å². The fourth-order valence-corrected chi connectivity index (χ4v) is 2.50. The molecule has 0 radical (unpaired) electrons. The molecular weight excluding hydrogens is 234 g/mol. The minimum atomic E-state index is -1.03. The van der Waals surface area contributed by atoms with Crippen LogP contribution in [0.15, 0.2) is 16.5 Å². The molecule has 1 saturated heterocycles. The Bertz CT molecular complexity index is 438. The number of nitrogens with zero attached hydrogens (tertiary/aromatic N) is 1. The minimum absolute atomic E-state index is 0.00873. The molecule has 5 heteroatoms. The van der Waals surface area contributed by atoms with Gasteiger partial charge in [0.1, 0.15) is 5.76 Å². The lowest BCUT2D eigenvalue weighted by atomic mass is 10.1. The van der Waals surface area contributed by atoms with Crippen LogP contribution in [0.1, 0.15) is 37.1 Å². The highest BCUT2D eigenvalue weighted by atomic mass is 16.5. The number of rotatable bonds is 3. The van der Waals surface area contributed by atoms with E-state index in [2.05, 4.69) is 18.7 Å². The average Bonchev–Trinajstić information content (AvgIpc) is 2.62. The molecule has 1 aliphatic heterocycles. The normalized spacial score (nSPS) is 24.1. The van der Waals surface area contributed by atoms with Crippen LogP contribution in [0.3, 0.4) is 0 Å². The molecule has 1 aromatic heterocycles. The molecule has 0 spiro atoms. The number of ether oxygens (including phenoxy) is 1. The van der Waals surface area contributed by atoms with E-state index in [0.29, 0.717) is 12.3 Å². The Morgan fingerprint density at radius 2 is 2.28 bits per heavy atom. The maximum Gasteiger partial charge on any atom is 0.371 e. The van der Waals surface area contributed by atoms with E-state index in [-0.39, 0.29) is 17.5 Å². The molecule has 100 valence electrons. The number of carbonyl (C=O) groups is 1. The zero-order chi connectivity index (χ0) is 13.3. The molecule has 1 unspecified atom stereocenters. The second-order valence-electron chi connectivity index (χ2n) is 5.43. The summed E-state index contributed by atoms with van der Waals surface area (Å²) in [5, 5.41) is 8.80. The highest BCUT2D eigenvalue weighted by Crippen LogP contribution is 2.22. The van der Waals surface area contributed by atoms with E-state index < -0.39 is 5.97 Å². The predicted molar refractivity (Wildman–Crippen MR) is 65.6 cm³/mol. The van der Waals surface area contributed by atoms with Crippen LogP contribution in [-0.2, 0) is 11.3 Å². The van der Waals surface area contributed by atoms with Gasteiger partial charge >= 0.3 is 5.97 Å². The number of carboxylic acid groups (broad SMARTS) is 1. The van der Waals surface area contributed by atoms with E-state index in [1.165, 1.54) is 6.07 Å². The summed E-state index contributed by atoms with van der Waals surface area (Å²) in [4.78, 5) is 13.0. The number of aromatic carboxylic acids is 1. The zero-order valence-corrected chi connectivity index (χ0v) is 11.0. The van der Waals surface area contributed by atoms with Crippen molar-refractivity contribution in [2.75, 3.05) is 13.1 Å². The Balaban J connectivity index is 2.02. The molecule has 1 atom stereocenters. The van der Waals surface area contributed by atoms with E-state index in [4.69, 9.17) is 14.3 Å². The molecule has 2 rings (SSSR count). The quantitative estimate of drug-likeness (QED) is 0.892. The lowest BCUT2D eigenvalue weighted by Crippen LogP contribution is -2.51. The van der Waals surface area contributed by atoms with Crippen LogP contribution in [0, 0.1) is 0 Å². The maximum absolute atomic E-state index is 10.7. The summed E-state index contributed by atoms with van der Waals surface area (Å²) in [6.07, 6.45) is 0.169. The van der Waals surface area contributed by atoms with Crippen LogP contribution >= 0.6 is 0 Å². The van der Waals surface area contributed by atoms with Gasteiger partial charge in [-0.3, -0.25) is 4.90 Å². The summed E-state index contributed by atoms with van der Waals surface area (Å²) < 4.78 is 11.1. The zero-order valence-electron chi connectivity index (χ0n) is 11.0. The first-order valence-corrected chi connectivity index (χ1v) is 6.08. The first kappa shape index (κ1) is 13.1. The van der Waals surface area contributed by atoms with Gasteiger partial charge in [-0.05, 0) is 32.9 Å². The Morgan fingerprint density at radius 3 is 2.83 bits per heavy atom. The number of furan rings is 1. The van der Waals surface area contributed by atoms with Crippen molar-refractivity contribution in [3.63, 3.8) is 0 Å². The Labute approximate surface area is 106 Å². The van der Waals surface area contributed by atoms with Crippen LogP contribution in [0.25, 0.3) is 0 Å². The van der Waals surface area contributed by atoms with Crippen molar-refractivity contribution in [3.05, 3.63) is 23.7 Å². The van der Waals surface area contributed by atoms with Gasteiger partial charge in [0.15, 0.2) is 0 Å². The van der Waals surface area contributed by atoms with Gasteiger partial charge in [-0.2, -0.15) is 0 Å². The molecule has 0 saturated carbocycles. The maximum atomic E-state index is 10.7. The van der Waals surface area contributed by atoms with Gasteiger partial charge in [0.2, 0.25) is 5.76 Å². The van der Waals surface area contributed by atoms with Crippen molar-refractivity contribution in [1.29, 1.82) is 0 Å². The highest BCUT2D eigenvalue weighted by Gasteiger charge is 2.31. The van der Waals surface area contributed by atoms with Crippen molar-refractivity contribution >= 4 is 5.97 Å². The van der Waals surface area contributed by atoms with Gasteiger partial charge in [0.25, 0.3) is 0 Å². The summed E-state index contributed by atoms with van der Waals surface area (Å²) in [6.45, 7) is 8.40. The third-order valence-electron chi connectivity index (χ3n) is 2.89. The van der Waals surface area contributed by atoms with E-state index in [1.54, 1.807) is 6.07 Å². The first-order valence-electron chi connectivity index (χ1n) is 6.08. The average molecular weight is 253 g/mol. The van der Waals surface area contributed by atoms with Crippen molar-refractivity contribution in [2.45, 2.75) is 39.0 Å². The second kappa shape index (κ2) is 4.74. The highest BCUT2D eigenvalue weighted by molar-refractivity contribution is 5.84. The van der Waals surface area contributed by atoms with E-state index >= 15 is 0 Å². The number of hydrogen-bond donors (Lipinski definition) is 1. The molecule has 0 aliphatic carbocycles. The Kier molecular flexibility index (Phi) is 3.45. The first-order chi connectivity index (χ1) is 8.35. The lowest BCUT2D eigenvalue weighted by Gasteiger charge is -2.41. The molecule has 1 aromatic rings. The van der Waals surface area contributed by atoms with Crippen LogP contribution in [0.2, 0.25) is 0 Å². The second-order valence-corrected chi connectivity index (χ2v) is 5.43. The summed E-state index contributed by atoms with van der Waals surface area (Å²) in [7, 11) is 0. The summed E-state index contributed by atoms with van der Waals surface area (Å²) >= 11 is 0. The molecule has 5 nitrogen and oxygen atoms in total. The predicted octanol–water partition coefficient (Wildman–Crippen LogP) is 1.98. The minimum Gasteiger partial charge on any atom is -0.475 e. The van der Waals surface area contributed by atoms with Gasteiger partial charge < -0.3 is 14.3 Å². The molecular formula is C13H19NO4. The number of hydrogen-bond acceptors (Lipinski definition) is 4. The summed E-state index contributed by atoms with van der Waals surface area (Å²) in [6, 6.07) is 3.21. The molecule has 2 heterocycles. The lowest BCUT2D eigenvalue weighted by molar-refractivity contribution is -0.131. The number of morpholine rings is 1. The van der Waals surface area contributed by atoms with Crippen molar-refractivity contribution < 1.29 is 19.1 Å². The third-order valence-corrected chi connectivity index (χ3v) is 2.89. The SMILES string of the molecule is CC1CN(Cc2ccc(C(=O)O)o2)CC(C)(C)O1. The molecule has 1 N–H and O–H groups in total. The molecule has 0 bridgehead atoms. The smallest absolute Gasteiger partial charge is 0.371 e. The molecule has 1 aliphatic rings. The van der Waals surface area contributed by atoms with Crippen molar-refractivity contribution in [2.24, 2.45) is 0 Å². The van der Waals surface area contributed by atoms with E-state index in [9.17, 15) is 4.79 Å². The molecule has 1 fully saturated rings. The fourth-order valence-electron chi connectivity index (χ4n) is 2.50. The fraction of sp³-hybridized carbons (Fsp3) is 0.615. The molecule has 0 aromatic carbocycles. The van der Waals surface area contributed by atoms with Gasteiger partial charge in [-0.1, -0.05) is 0 Å². The monoisotopic (exact) mass is 253 g/mol. The van der Waals surface area contributed by atoms with Crippen LogP contribution < -0.4 is 0 Å². The Morgan fingerprint density at radius 1 is 1.56 bits per heavy atom. The molecule has 18 heavy (non-hydrogen) atoms. The van der Waals surface area contributed by atoms with Crippen molar-refractivity contribution in [1.82, 2.24) is 4.90 Å². The van der Waals surface area contributed by atoms with Gasteiger partial charge in [0.05, 0.1) is 18.2 Å². The summed E-state index contributed by atoms with van der Waals surface area (Å²) in [5.41, 5.74) is -0.181. The van der Waals surface area contributed by atoms with Gasteiger partial charge in [-0.15, -0.1) is 0 Å².